The summed E-state index contributed by atoms with van der Waals surface area (Å²) in [6.07, 6.45) is 0. The molecule has 0 aromatic heterocycles. The Kier molecular flexibility index (Phi) is 3.05. The molecule has 0 bridgehead atoms. The Morgan fingerprint density at radius 1 is 1.00 bits per heavy atom. The maximum atomic E-state index is 13.0. The van der Waals surface area contributed by atoms with Gasteiger partial charge in [-0.05, 0) is 17.7 Å². The smallest absolute Gasteiger partial charge is 0.194 e. The minimum Gasteiger partial charge on any atom is -0.502 e. The number of para-hydroxylation sites is 1. The fourth-order valence-corrected chi connectivity index (χ4v) is 1.35. The van der Waals surface area contributed by atoms with Gasteiger partial charge in [0, 0.05) is 0 Å². The Morgan fingerprint density at radius 2 is 1.75 bits per heavy atom. The minimum atomic E-state index is -0.675. The minimum absolute atomic E-state index is 0.156. The molecule has 16 heavy (non-hydrogen) atoms. The first kappa shape index (κ1) is 10.5. The topological polar surface area (TPSA) is 29.5 Å². The van der Waals surface area contributed by atoms with Crippen LogP contribution in [0.1, 0.15) is 5.56 Å². The van der Waals surface area contributed by atoms with E-state index in [4.69, 9.17) is 4.74 Å². The second-order valence-corrected chi connectivity index (χ2v) is 3.36. The molecule has 1 N–H and O–H groups in total. The van der Waals surface area contributed by atoms with Gasteiger partial charge in [-0.25, -0.2) is 4.39 Å². The highest BCUT2D eigenvalue weighted by Gasteiger charge is 2.07. The monoisotopic (exact) mass is 218 g/mol. The third-order valence-corrected chi connectivity index (χ3v) is 2.19. The van der Waals surface area contributed by atoms with Crippen LogP contribution < -0.4 is 4.74 Å². The molecule has 0 saturated carbocycles. The van der Waals surface area contributed by atoms with Crippen molar-refractivity contribution in [1.29, 1.82) is 0 Å². The van der Waals surface area contributed by atoms with E-state index >= 15 is 0 Å². The highest BCUT2D eigenvalue weighted by atomic mass is 19.1. The summed E-state index contributed by atoms with van der Waals surface area (Å²) in [5.74, 6) is -0.965. The number of benzene rings is 2. The summed E-state index contributed by atoms with van der Waals surface area (Å²) in [4.78, 5) is 0. The van der Waals surface area contributed by atoms with Crippen LogP contribution in [0.25, 0.3) is 0 Å². The fraction of sp³-hybridized carbons (Fsp3) is 0.0769. The van der Waals surface area contributed by atoms with Crippen LogP contribution in [-0.4, -0.2) is 5.11 Å². The van der Waals surface area contributed by atoms with Crippen molar-refractivity contribution in [1.82, 2.24) is 0 Å². The first-order valence-electron chi connectivity index (χ1n) is 4.91. The number of phenols is 1. The Morgan fingerprint density at radius 3 is 2.50 bits per heavy atom. The Balaban J connectivity index is 2.08. The van der Waals surface area contributed by atoms with Gasteiger partial charge in [0.05, 0.1) is 0 Å². The number of ether oxygens (including phenoxy) is 1. The maximum Gasteiger partial charge on any atom is 0.194 e. The predicted molar refractivity (Wildman–Crippen MR) is 58.8 cm³/mol. The lowest BCUT2D eigenvalue weighted by atomic mass is 10.2. The molecular formula is C13H11FO2. The number of halogens is 1. The van der Waals surface area contributed by atoms with E-state index in [0.717, 1.165) is 5.56 Å². The van der Waals surface area contributed by atoms with Crippen LogP contribution in [0.15, 0.2) is 48.5 Å². The van der Waals surface area contributed by atoms with Crippen molar-refractivity contribution >= 4 is 0 Å². The van der Waals surface area contributed by atoms with Gasteiger partial charge >= 0.3 is 0 Å². The second kappa shape index (κ2) is 4.66. The van der Waals surface area contributed by atoms with Crippen molar-refractivity contribution in [3.63, 3.8) is 0 Å². The van der Waals surface area contributed by atoms with Crippen molar-refractivity contribution in [2.75, 3.05) is 0 Å². The zero-order chi connectivity index (χ0) is 11.4. The van der Waals surface area contributed by atoms with Crippen molar-refractivity contribution in [2.45, 2.75) is 6.61 Å². The number of hydrogen-bond donors (Lipinski definition) is 1. The van der Waals surface area contributed by atoms with Gasteiger partial charge in [-0.3, -0.25) is 0 Å². The van der Waals surface area contributed by atoms with Gasteiger partial charge in [-0.1, -0.05) is 36.4 Å². The zero-order valence-corrected chi connectivity index (χ0v) is 8.56. The molecular weight excluding hydrogens is 207 g/mol. The van der Waals surface area contributed by atoms with Gasteiger partial charge < -0.3 is 9.84 Å². The molecule has 82 valence electrons. The molecule has 0 unspecified atom stereocenters. The quantitative estimate of drug-likeness (QED) is 0.857. The summed E-state index contributed by atoms with van der Waals surface area (Å²) in [6, 6.07) is 13.7. The molecule has 2 aromatic carbocycles. The van der Waals surface area contributed by atoms with Crippen molar-refractivity contribution < 1.29 is 14.2 Å². The molecule has 0 atom stereocenters. The summed E-state index contributed by atoms with van der Waals surface area (Å²) in [7, 11) is 0. The van der Waals surface area contributed by atoms with E-state index in [1.807, 2.05) is 30.3 Å². The molecule has 0 aliphatic rings. The van der Waals surface area contributed by atoms with Crippen LogP contribution in [-0.2, 0) is 6.61 Å². The van der Waals surface area contributed by atoms with Crippen molar-refractivity contribution in [3.05, 3.63) is 59.9 Å². The first-order valence-corrected chi connectivity index (χ1v) is 4.91. The summed E-state index contributed by atoms with van der Waals surface area (Å²) in [6.45, 7) is 0.303. The number of hydrogen-bond acceptors (Lipinski definition) is 2. The number of aromatic hydroxyl groups is 1. The van der Waals surface area contributed by atoms with Gasteiger partial charge in [0.25, 0.3) is 0 Å². The first-order chi connectivity index (χ1) is 7.77. The van der Waals surface area contributed by atoms with Crippen molar-refractivity contribution in [2.24, 2.45) is 0 Å². The molecule has 0 aliphatic heterocycles. The number of rotatable bonds is 3. The van der Waals surface area contributed by atoms with Crippen LogP contribution in [0.5, 0.6) is 11.5 Å². The maximum absolute atomic E-state index is 13.0. The van der Waals surface area contributed by atoms with Crippen LogP contribution in [0.4, 0.5) is 4.39 Å². The van der Waals surface area contributed by atoms with Gasteiger partial charge in [0.1, 0.15) is 6.61 Å². The molecule has 2 rings (SSSR count). The van der Waals surface area contributed by atoms with Crippen molar-refractivity contribution in [3.8, 4) is 11.5 Å². The Bertz CT molecular complexity index is 469. The summed E-state index contributed by atoms with van der Waals surface area (Å²) < 4.78 is 18.3. The third-order valence-electron chi connectivity index (χ3n) is 2.19. The van der Waals surface area contributed by atoms with Gasteiger partial charge in [0.15, 0.2) is 17.3 Å². The van der Waals surface area contributed by atoms with E-state index < -0.39 is 11.6 Å². The van der Waals surface area contributed by atoms with Crippen LogP contribution in [0, 0.1) is 5.82 Å². The second-order valence-electron chi connectivity index (χ2n) is 3.36. The molecule has 0 heterocycles. The van der Waals surface area contributed by atoms with E-state index in [2.05, 4.69) is 0 Å². The lowest BCUT2D eigenvalue weighted by Gasteiger charge is -2.08. The summed E-state index contributed by atoms with van der Waals surface area (Å²) in [5.41, 5.74) is 0.964. The number of phenolic OH excluding ortho intramolecular Hbond substituents is 1. The van der Waals surface area contributed by atoms with E-state index in [9.17, 15) is 9.50 Å². The normalized spacial score (nSPS) is 10.1. The van der Waals surface area contributed by atoms with E-state index in [1.165, 1.54) is 18.2 Å². The largest absolute Gasteiger partial charge is 0.502 e. The molecule has 0 amide bonds. The molecule has 0 spiro atoms. The summed E-state index contributed by atoms with van der Waals surface area (Å²) in [5, 5.41) is 9.38. The van der Waals surface area contributed by atoms with Gasteiger partial charge in [-0.2, -0.15) is 0 Å². The molecule has 2 aromatic rings. The average molecular weight is 218 g/mol. The lowest BCUT2D eigenvalue weighted by molar-refractivity contribution is 0.283. The molecule has 3 heteroatoms. The van der Waals surface area contributed by atoms with Crippen LogP contribution >= 0.6 is 0 Å². The molecule has 0 fully saturated rings. The molecule has 2 nitrogen and oxygen atoms in total. The Labute approximate surface area is 92.9 Å². The molecule has 0 saturated heterocycles. The average Bonchev–Trinajstić information content (AvgIpc) is 2.32. The lowest BCUT2D eigenvalue weighted by Crippen LogP contribution is -1.95. The predicted octanol–water partition coefficient (Wildman–Crippen LogP) is 3.11. The van der Waals surface area contributed by atoms with Gasteiger partial charge in [-0.15, -0.1) is 0 Å². The van der Waals surface area contributed by atoms with Gasteiger partial charge in [0.2, 0.25) is 0 Å². The standard InChI is InChI=1S/C13H11FO2/c14-11-7-4-8-12(13(11)15)16-9-10-5-2-1-3-6-10/h1-8,15H,9H2. The van der Waals surface area contributed by atoms with E-state index in [0.29, 0.717) is 6.61 Å². The zero-order valence-electron chi connectivity index (χ0n) is 8.56. The summed E-state index contributed by atoms with van der Waals surface area (Å²) >= 11 is 0. The third kappa shape index (κ3) is 2.31. The Hall–Kier alpha value is -2.03. The molecule has 0 radical (unpaired) electrons. The highest BCUT2D eigenvalue weighted by Crippen LogP contribution is 2.28. The van der Waals surface area contributed by atoms with Crippen LogP contribution in [0.3, 0.4) is 0 Å². The molecule has 0 aliphatic carbocycles. The highest BCUT2D eigenvalue weighted by molar-refractivity contribution is 5.39. The van der Waals surface area contributed by atoms with E-state index in [1.54, 1.807) is 0 Å². The van der Waals surface area contributed by atoms with Crippen LogP contribution in [0.2, 0.25) is 0 Å². The SMILES string of the molecule is Oc1c(F)cccc1OCc1ccccc1. The fourth-order valence-electron chi connectivity index (χ4n) is 1.35. The van der Waals surface area contributed by atoms with E-state index in [-0.39, 0.29) is 5.75 Å².